The van der Waals surface area contributed by atoms with Crippen molar-refractivity contribution < 1.29 is 0 Å². The largest absolute Gasteiger partial charge is 0.316 e. The maximum atomic E-state index is 13.3. The quantitative estimate of drug-likeness (QED) is 0.594. The molecule has 0 radical (unpaired) electrons. The van der Waals surface area contributed by atoms with Crippen molar-refractivity contribution in [2.45, 2.75) is 38.3 Å². The number of aromatic nitrogens is 3. The first kappa shape index (κ1) is 24.0. The standard InChI is InChI=1S/C25H29N5O.2ClH/c31-25-19(6-7-23-20-12-17(13-26-14-20)15-30(23)25)16-29-10-8-21-22(9-11-29)27-28-24(21)18-4-2-1-3-5-18;;/h1-7,17,20,26H,8-16H2,(H,27,28);2*1H/t17-,20+;;/m0../s1. The van der Waals surface area contributed by atoms with Gasteiger partial charge < -0.3 is 9.88 Å². The first-order valence-electron chi connectivity index (χ1n) is 11.5. The van der Waals surface area contributed by atoms with Crippen LogP contribution in [0.3, 0.4) is 0 Å². The molecule has 1 fully saturated rings. The summed E-state index contributed by atoms with van der Waals surface area (Å²) in [5, 5.41) is 11.4. The van der Waals surface area contributed by atoms with E-state index in [1.807, 2.05) is 6.07 Å². The highest BCUT2D eigenvalue weighted by Gasteiger charge is 2.31. The molecule has 3 aliphatic heterocycles. The third kappa shape index (κ3) is 4.50. The van der Waals surface area contributed by atoms with Crippen LogP contribution < -0.4 is 10.9 Å². The molecule has 33 heavy (non-hydrogen) atoms. The molecule has 3 aromatic rings. The predicted octanol–water partition coefficient (Wildman–Crippen LogP) is 3.39. The number of nitrogens with one attached hydrogen (secondary N) is 2. The van der Waals surface area contributed by atoms with Gasteiger partial charge in [0.25, 0.3) is 5.56 Å². The Morgan fingerprint density at radius 2 is 1.82 bits per heavy atom. The molecule has 2 bridgehead atoms. The third-order valence-corrected chi connectivity index (χ3v) is 7.34. The number of nitrogens with zero attached hydrogens (tertiary/aromatic N) is 3. The van der Waals surface area contributed by atoms with E-state index in [9.17, 15) is 4.79 Å². The van der Waals surface area contributed by atoms with E-state index in [0.29, 0.717) is 11.8 Å². The highest BCUT2D eigenvalue weighted by Crippen LogP contribution is 2.32. The topological polar surface area (TPSA) is 66.0 Å². The number of piperidine rings is 1. The summed E-state index contributed by atoms with van der Waals surface area (Å²) in [5.41, 5.74) is 7.20. The summed E-state index contributed by atoms with van der Waals surface area (Å²) in [7, 11) is 0. The van der Waals surface area contributed by atoms with Crippen LogP contribution in [-0.4, -0.2) is 45.8 Å². The van der Waals surface area contributed by atoms with Crippen molar-refractivity contribution in [3.05, 3.63) is 75.3 Å². The Kier molecular flexibility index (Phi) is 7.29. The van der Waals surface area contributed by atoms with Crippen molar-refractivity contribution in [2.24, 2.45) is 5.92 Å². The number of hydrogen-bond donors (Lipinski definition) is 2. The Morgan fingerprint density at radius 3 is 2.67 bits per heavy atom. The van der Waals surface area contributed by atoms with Crippen molar-refractivity contribution in [1.82, 2.24) is 25.0 Å². The van der Waals surface area contributed by atoms with E-state index < -0.39 is 0 Å². The lowest BCUT2D eigenvalue weighted by Gasteiger charge is -2.37. The highest BCUT2D eigenvalue weighted by atomic mass is 35.5. The van der Waals surface area contributed by atoms with Crippen LogP contribution in [0, 0.1) is 5.92 Å². The predicted molar refractivity (Wildman–Crippen MR) is 136 cm³/mol. The minimum absolute atomic E-state index is 0. The van der Waals surface area contributed by atoms with Gasteiger partial charge in [-0.1, -0.05) is 36.4 Å². The zero-order valence-electron chi connectivity index (χ0n) is 18.6. The molecule has 6 nitrogen and oxygen atoms in total. The van der Waals surface area contributed by atoms with E-state index in [2.05, 4.69) is 61.4 Å². The van der Waals surface area contributed by atoms with E-state index in [4.69, 9.17) is 0 Å². The minimum Gasteiger partial charge on any atom is -0.316 e. The van der Waals surface area contributed by atoms with E-state index >= 15 is 0 Å². The monoisotopic (exact) mass is 487 g/mol. The van der Waals surface area contributed by atoms with Gasteiger partial charge in [-0.05, 0) is 31.4 Å². The third-order valence-electron chi connectivity index (χ3n) is 7.34. The number of aromatic amines is 1. The fourth-order valence-corrected chi connectivity index (χ4v) is 5.72. The van der Waals surface area contributed by atoms with Crippen LogP contribution in [-0.2, 0) is 25.9 Å². The summed E-state index contributed by atoms with van der Waals surface area (Å²) in [6, 6.07) is 14.7. The molecular formula is C25H31Cl2N5O. The fourth-order valence-electron chi connectivity index (χ4n) is 5.72. The minimum atomic E-state index is 0. The molecule has 8 heteroatoms. The summed E-state index contributed by atoms with van der Waals surface area (Å²) in [4.78, 5) is 15.7. The number of hydrogen-bond acceptors (Lipinski definition) is 4. The number of fused-ring (bicyclic) bond motifs is 5. The number of halogens is 2. The van der Waals surface area contributed by atoms with Crippen LogP contribution in [0.2, 0.25) is 0 Å². The maximum absolute atomic E-state index is 13.3. The maximum Gasteiger partial charge on any atom is 0.255 e. The van der Waals surface area contributed by atoms with Crippen LogP contribution in [0.15, 0.2) is 47.3 Å². The van der Waals surface area contributed by atoms with Crippen LogP contribution in [0.5, 0.6) is 0 Å². The molecule has 2 aromatic heterocycles. The second kappa shape index (κ2) is 10.0. The first-order valence-corrected chi connectivity index (χ1v) is 11.5. The van der Waals surface area contributed by atoms with Crippen LogP contribution >= 0.6 is 24.8 Å². The van der Waals surface area contributed by atoms with Gasteiger partial charge >= 0.3 is 0 Å². The summed E-state index contributed by atoms with van der Waals surface area (Å²) in [5.74, 6) is 1.08. The van der Waals surface area contributed by atoms with Gasteiger partial charge in [0.1, 0.15) is 0 Å². The average Bonchev–Trinajstić information content (AvgIpc) is 3.11. The molecule has 1 aromatic carbocycles. The molecule has 2 atom stereocenters. The van der Waals surface area contributed by atoms with Gasteiger partial charge in [-0.15, -0.1) is 24.8 Å². The molecule has 0 aliphatic carbocycles. The molecule has 3 aliphatic rings. The molecule has 6 rings (SSSR count). The molecule has 176 valence electrons. The zero-order chi connectivity index (χ0) is 20.8. The SMILES string of the molecule is Cl.Cl.O=c1c(CN2CCc3[nH]nc(-c4ccccc4)c3CC2)ccc2n1C[C@@H]1CNC[C@H]2C1. The van der Waals surface area contributed by atoms with E-state index in [-0.39, 0.29) is 30.4 Å². The van der Waals surface area contributed by atoms with Gasteiger partial charge in [-0.25, -0.2) is 0 Å². The summed E-state index contributed by atoms with van der Waals surface area (Å²) >= 11 is 0. The van der Waals surface area contributed by atoms with Gasteiger partial charge in [-0.3, -0.25) is 14.8 Å². The summed E-state index contributed by atoms with van der Waals surface area (Å²) in [6.07, 6.45) is 3.11. The van der Waals surface area contributed by atoms with Crippen molar-refractivity contribution >= 4 is 24.8 Å². The van der Waals surface area contributed by atoms with Crippen molar-refractivity contribution in [3.8, 4) is 11.3 Å². The van der Waals surface area contributed by atoms with Crippen molar-refractivity contribution in [3.63, 3.8) is 0 Å². The molecule has 0 unspecified atom stereocenters. The smallest absolute Gasteiger partial charge is 0.255 e. The van der Waals surface area contributed by atoms with Crippen LogP contribution in [0.25, 0.3) is 11.3 Å². The first-order chi connectivity index (χ1) is 15.3. The molecular weight excluding hydrogens is 457 g/mol. The highest BCUT2D eigenvalue weighted by molar-refractivity contribution is 5.85. The van der Waals surface area contributed by atoms with E-state index in [0.717, 1.165) is 63.4 Å². The Bertz CT molecular complexity index is 1160. The lowest BCUT2D eigenvalue weighted by atomic mass is 9.84. The Labute approximate surface area is 206 Å². The van der Waals surface area contributed by atoms with Gasteiger partial charge in [-0.2, -0.15) is 5.10 Å². The average molecular weight is 488 g/mol. The fraction of sp³-hybridized carbons (Fsp3) is 0.440. The Balaban J connectivity index is 0.00000130. The molecule has 1 saturated heterocycles. The second-order valence-corrected chi connectivity index (χ2v) is 9.33. The van der Waals surface area contributed by atoms with Gasteiger partial charge in [0.2, 0.25) is 0 Å². The van der Waals surface area contributed by atoms with Gasteiger partial charge in [0.05, 0.1) is 5.69 Å². The van der Waals surface area contributed by atoms with E-state index in [1.165, 1.54) is 28.9 Å². The van der Waals surface area contributed by atoms with E-state index in [1.54, 1.807) is 0 Å². The Morgan fingerprint density at radius 1 is 1.00 bits per heavy atom. The lowest BCUT2D eigenvalue weighted by molar-refractivity contribution is 0.251. The lowest BCUT2D eigenvalue weighted by Crippen LogP contribution is -2.45. The zero-order valence-corrected chi connectivity index (χ0v) is 20.3. The van der Waals surface area contributed by atoms with Gasteiger partial charge in [0.15, 0.2) is 0 Å². The van der Waals surface area contributed by atoms with Gasteiger partial charge in [0, 0.05) is 73.1 Å². The normalized spacial score (nSPS) is 21.7. The van der Waals surface area contributed by atoms with Crippen molar-refractivity contribution in [1.29, 1.82) is 0 Å². The number of H-pyrrole nitrogens is 1. The molecule has 0 amide bonds. The van der Waals surface area contributed by atoms with Crippen molar-refractivity contribution in [2.75, 3.05) is 26.2 Å². The molecule has 0 spiro atoms. The Hall–Kier alpha value is -2.12. The summed E-state index contributed by atoms with van der Waals surface area (Å²) < 4.78 is 2.08. The molecule has 0 saturated carbocycles. The number of benzene rings is 1. The molecule has 2 N–H and O–H groups in total. The number of pyridine rings is 1. The van der Waals surface area contributed by atoms with Crippen LogP contribution in [0.1, 0.15) is 34.9 Å². The summed E-state index contributed by atoms with van der Waals surface area (Å²) in [6.45, 7) is 5.51. The number of rotatable bonds is 3. The molecule has 5 heterocycles. The van der Waals surface area contributed by atoms with Crippen LogP contribution in [0.4, 0.5) is 0 Å². The second-order valence-electron chi connectivity index (χ2n) is 9.33.